The number of benzene rings is 1. The van der Waals surface area contributed by atoms with E-state index in [-0.39, 0.29) is 23.4 Å². The van der Waals surface area contributed by atoms with E-state index in [2.05, 4.69) is 5.32 Å². The monoisotopic (exact) mass is 328 g/mol. The lowest BCUT2D eigenvalue weighted by Crippen LogP contribution is -2.48. The third-order valence-electron chi connectivity index (χ3n) is 5.56. The van der Waals surface area contributed by atoms with Crippen LogP contribution in [-0.4, -0.2) is 21.9 Å². The van der Waals surface area contributed by atoms with E-state index in [0.29, 0.717) is 17.5 Å². The number of aliphatic carboxylic acids is 1. The van der Waals surface area contributed by atoms with Crippen LogP contribution in [0.4, 0.5) is 11.4 Å². The molecule has 2 bridgehead atoms. The molecule has 2 N–H and O–H groups in total. The number of hydrogen-bond acceptors (Lipinski definition) is 4. The molecule has 0 unspecified atom stereocenters. The Morgan fingerprint density at radius 2 is 1.83 bits per heavy atom. The Kier molecular flexibility index (Phi) is 3.19. The zero-order valence-electron chi connectivity index (χ0n) is 12.7. The summed E-state index contributed by atoms with van der Waals surface area (Å²) in [7, 11) is 0. The van der Waals surface area contributed by atoms with Crippen LogP contribution in [0.25, 0.3) is 0 Å². The summed E-state index contributed by atoms with van der Waals surface area (Å²) in [5, 5.41) is 23.1. The van der Waals surface area contributed by atoms with Gasteiger partial charge in [0.1, 0.15) is 0 Å². The van der Waals surface area contributed by atoms with Crippen molar-refractivity contribution in [2.45, 2.75) is 6.42 Å². The molecule has 0 heterocycles. The molecule has 4 aliphatic carbocycles. The van der Waals surface area contributed by atoms with Gasteiger partial charge in [0.15, 0.2) is 0 Å². The number of allylic oxidation sites excluding steroid dienone is 2. The van der Waals surface area contributed by atoms with Crippen LogP contribution >= 0.6 is 0 Å². The Hall–Kier alpha value is -2.70. The molecule has 0 aromatic heterocycles. The van der Waals surface area contributed by atoms with Crippen LogP contribution < -0.4 is 5.32 Å². The van der Waals surface area contributed by atoms with Gasteiger partial charge in [-0.3, -0.25) is 19.7 Å². The van der Waals surface area contributed by atoms with E-state index >= 15 is 0 Å². The normalized spacial score (nSPS) is 35.2. The molecule has 5 rings (SSSR count). The molecular weight excluding hydrogens is 312 g/mol. The second-order valence-corrected chi connectivity index (χ2v) is 6.79. The highest BCUT2D eigenvalue weighted by molar-refractivity contribution is 5.96. The number of carbonyl (C=O) groups excluding carboxylic acids is 1. The number of anilines is 1. The van der Waals surface area contributed by atoms with Crippen molar-refractivity contribution in [3.63, 3.8) is 0 Å². The SMILES string of the molecule is O=C(Nc1cccc([N+](=O)[O-])c1)[C@H]1[C@@H]2C=C[C@@H]([C@H]3C[C@@H]23)[C@@H]1C(=O)O. The van der Waals surface area contributed by atoms with Crippen LogP contribution in [0.1, 0.15) is 6.42 Å². The van der Waals surface area contributed by atoms with Crippen LogP contribution in [-0.2, 0) is 9.59 Å². The topological polar surface area (TPSA) is 110 Å². The maximum atomic E-state index is 12.7. The summed E-state index contributed by atoms with van der Waals surface area (Å²) in [5.41, 5.74) is 0.200. The number of fused-ring (bicyclic) bond motifs is 1. The minimum atomic E-state index is -0.945. The summed E-state index contributed by atoms with van der Waals surface area (Å²) in [6.45, 7) is 0. The van der Waals surface area contributed by atoms with Crippen molar-refractivity contribution in [3.8, 4) is 0 Å². The Bertz CT molecular complexity index is 774. The fourth-order valence-electron chi connectivity index (χ4n) is 4.49. The smallest absolute Gasteiger partial charge is 0.307 e. The summed E-state index contributed by atoms with van der Waals surface area (Å²) in [4.78, 5) is 34.8. The van der Waals surface area contributed by atoms with Gasteiger partial charge in [-0.05, 0) is 36.2 Å². The molecule has 0 radical (unpaired) electrons. The van der Waals surface area contributed by atoms with Gasteiger partial charge in [-0.1, -0.05) is 18.2 Å². The fraction of sp³-hybridized carbons (Fsp3) is 0.412. The van der Waals surface area contributed by atoms with Crippen LogP contribution in [0.15, 0.2) is 36.4 Å². The first-order chi connectivity index (χ1) is 11.5. The van der Waals surface area contributed by atoms with Gasteiger partial charge < -0.3 is 10.4 Å². The van der Waals surface area contributed by atoms with Gasteiger partial charge in [0.05, 0.1) is 16.8 Å². The number of nitro benzene ring substituents is 1. The first-order valence-electron chi connectivity index (χ1n) is 7.94. The summed E-state index contributed by atoms with van der Waals surface area (Å²) in [6.07, 6.45) is 4.91. The standard InChI is InChI=1S/C17H16N2O5/c20-16(18-8-2-1-3-9(6-8)19(23)24)14-10-4-5-11(13-7-12(10)13)15(14)17(21)22/h1-6,10-15H,7H2,(H,18,20)(H,21,22)/t10-,11+,12+,13-,14+,15+/m1/s1. The van der Waals surface area contributed by atoms with Crippen molar-refractivity contribution in [1.29, 1.82) is 0 Å². The molecule has 6 atom stereocenters. The largest absolute Gasteiger partial charge is 0.481 e. The Morgan fingerprint density at radius 1 is 1.17 bits per heavy atom. The molecule has 1 amide bonds. The first kappa shape index (κ1) is 14.9. The number of non-ortho nitro benzene ring substituents is 1. The third-order valence-corrected chi connectivity index (χ3v) is 5.56. The average Bonchev–Trinajstić information content (AvgIpc) is 3.36. The van der Waals surface area contributed by atoms with E-state index < -0.39 is 22.7 Å². The lowest BCUT2D eigenvalue weighted by atomic mass is 9.62. The maximum Gasteiger partial charge on any atom is 0.307 e. The highest BCUT2D eigenvalue weighted by atomic mass is 16.6. The number of carboxylic acid groups (broad SMARTS) is 1. The Balaban J connectivity index is 1.59. The molecule has 7 nitrogen and oxygen atoms in total. The number of rotatable bonds is 4. The van der Waals surface area contributed by atoms with Gasteiger partial charge >= 0.3 is 5.97 Å². The zero-order valence-corrected chi connectivity index (χ0v) is 12.7. The molecule has 2 fully saturated rings. The molecule has 1 aromatic carbocycles. The highest BCUT2D eigenvalue weighted by Gasteiger charge is 2.62. The van der Waals surface area contributed by atoms with Crippen molar-refractivity contribution in [1.82, 2.24) is 0 Å². The van der Waals surface area contributed by atoms with Gasteiger partial charge in [-0.25, -0.2) is 0 Å². The van der Waals surface area contributed by atoms with Crippen LogP contribution in [0.2, 0.25) is 0 Å². The Morgan fingerprint density at radius 3 is 2.46 bits per heavy atom. The van der Waals surface area contributed by atoms with Gasteiger partial charge in [0.2, 0.25) is 5.91 Å². The maximum absolute atomic E-state index is 12.7. The minimum Gasteiger partial charge on any atom is -0.481 e. The van der Waals surface area contributed by atoms with Crippen molar-refractivity contribution in [2.24, 2.45) is 35.5 Å². The molecule has 7 heteroatoms. The first-order valence-corrected chi connectivity index (χ1v) is 7.94. The van der Waals surface area contributed by atoms with Crippen LogP contribution in [0.5, 0.6) is 0 Å². The molecule has 24 heavy (non-hydrogen) atoms. The van der Waals surface area contributed by atoms with Crippen molar-refractivity contribution in [3.05, 3.63) is 46.5 Å². The van der Waals surface area contributed by atoms with E-state index in [4.69, 9.17) is 0 Å². The summed E-state index contributed by atoms with van der Waals surface area (Å²) >= 11 is 0. The van der Waals surface area contributed by atoms with Gasteiger partial charge in [-0.15, -0.1) is 0 Å². The molecule has 0 saturated heterocycles. The quantitative estimate of drug-likeness (QED) is 0.501. The van der Waals surface area contributed by atoms with E-state index in [1.54, 1.807) is 6.07 Å². The number of nitrogens with one attached hydrogen (secondary N) is 1. The fourth-order valence-corrected chi connectivity index (χ4v) is 4.49. The Labute approximate surface area is 137 Å². The molecule has 124 valence electrons. The van der Waals surface area contributed by atoms with Crippen molar-refractivity contribution in [2.75, 3.05) is 5.32 Å². The molecule has 4 aliphatic rings. The summed E-state index contributed by atoms with van der Waals surface area (Å²) in [5.74, 6) is -2.01. The number of amides is 1. The van der Waals surface area contributed by atoms with Crippen LogP contribution in [0.3, 0.4) is 0 Å². The van der Waals surface area contributed by atoms with Crippen LogP contribution in [0, 0.1) is 45.6 Å². The molecule has 1 aromatic rings. The van der Waals surface area contributed by atoms with E-state index in [1.807, 2.05) is 12.2 Å². The predicted octanol–water partition coefficient (Wildman–Crippen LogP) is 2.30. The van der Waals surface area contributed by atoms with Gasteiger partial charge in [-0.2, -0.15) is 0 Å². The highest BCUT2D eigenvalue weighted by Crippen LogP contribution is 2.63. The second kappa shape index (κ2) is 5.15. The van der Waals surface area contributed by atoms with Crippen molar-refractivity contribution < 1.29 is 19.6 Å². The lowest BCUT2D eigenvalue weighted by Gasteiger charge is -2.41. The van der Waals surface area contributed by atoms with E-state index in [0.717, 1.165) is 6.42 Å². The third kappa shape index (κ3) is 2.19. The van der Waals surface area contributed by atoms with E-state index in [1.165, 1.54) is 18.2 Å². The van der Waals surface area contributed by atoms with E-state index in [9.17, 15) is 24.8 Å². The average molecular weight is 328 g/mol. The number of carboxylic acids is 1. The van der Waals surface area contributed by atoms with Gasteiger partial charge in [0, 0.05) is 17.8 Å². The molecule has 0 aliphatic heterocycles. The molecule has 2 saturated carbocycles. The summed E-state index contributed by atoms with van der Waals surface area (Å²) in [6, 6.07) is 5.68. The predicted molar refractivity (Wildman–Crippen MR) is 84.1 cm³/mol. The number of carbonyl (C=O) groups is 2. The number of nitro groups is 1. The second-order valence-electron chi connectivity index (χ2n) is 6.79. The number of hydrogen-bond donors (Lipinski definition) is 2. The minimum absolute atomic E-state index is 0.0557. The molecule has 0 spiro atoms. The number of nitrogens with zero attached hydrogens (tertiary/aromatic N) is 1. The summed E-state index contributed by atoms with van der Waals surface area (Å²) < 4.78 is 0. The lowest BCUT2D eigenvalue weighted by molar-refractivity contribution is -0.384. The molecular formula is C17H16N2O5. The van der Waals surface area contributed by atoms with Gasteiger partial charge in [0.25, 0.3) is 5.69 Å². The zero-order chi connectivity index (χ0) is 17.0. The van der Waals surface area contributed by atoms with Crippen molar-refractivity contribution >= 4 is 23.3 Å².